The molecule has 32 heavy (non-hydrogen) atoms. The van der Waals surface area contributed by atoms with Gasteiger partial charge in [0, 0.05) is 6.42 Å². The maximum atomic E-state index is 12.2. The van der Waals surface area contributed by atoms with Gasteiger partial charge in [-0.25, -0.2) is 9.59 Å². The summed E-state index contributed by atoms with van der Waals surface area (Å²) in [6.07, 6.45) is 0.101. The van der Waals surface area contributed by atoms with E-state index in [1.165, 1.54) is 0 Å². The van der Waals surface area contributed by atoms with E-state index in [-0.39, 0.29) is 33.5 Å². The first-order valence-electron chi connectivity index (χ1n) is 9.89. The van der Waals surface area contributed by atoms with Crippen molar-refractivity contribution >= 4 is 54.4 Å². The summed E-state index contributed by atoms with van der Waals surface area (Å²) in [6.45, 7) is 0.315. The Morgan fingerprint density at radius 2 is 1.56 bits per heavy atom. The molecule has 1 aromatic rings. The van der Waals surface area contributed by atoms with Crippen LogP contribution < -0.4 is 20.4 Å². The van der Waals surface area contributed by atoms with Gasteiger partial charge in [0.05, 0.1) is 0 Å². The topological polar surface area (TPSA) is 182 Å². The molecule has 0 fully saturated rings. The molecule has 0 saturated carbocycles. The van der Waals surface area contributed by atoms with Crippen LogP contribution in [0.4, 0.5) is 4.79 Å². The van der Waals surface area contributed by atoms with Gasteiger partial charge < -0.3 is 15.5 Å². The zero-order valence-corrected chi connectivity index (χ0v) is 18.5. The molecule has 11 nitrogen and oxygen atoms in total. The minimum atomic E-state index is -1.46. The third-order valence-corrected chi connectivity index (χ3v) is 5.27. The fraction of sp³-hybridized carbons (Fsp3) is 0.400. The van der Waals surface area contributed by atoms with E-state index >= 15 is 0 Å². The number of nitrogens with one attached hydrogen (secondary N) is 3. The van der Waals surface area contributed by atoms with E-state index in [4.69, 9.17) is 10.2 Å². The third-order valence-electron chi connectivity index (χ3n) is 4.44. The van der Waals surface area contributed by atoms with E-state index in [2.05, 4.69) is 21.3 Å². The van der Waals surface area contributed by atoms with E-state index in [1.54, 1.807) is 18.2 Å². The summed E-state index contributed by atoms with van der Waals surface area (Å²) in [6, 6.07) is 3.41. The Morgan fingerprint density at radius 1 is 0.938 bits per heavy atom. The molecule has 1 aromatic carbocycles. The number of hydrogen-bond acceptors (Lipinski definition) is 5. The van der Waals surface area contributed by atoms with Gasteiger partial charge in [-0.3, -0.25) is 4.79 Å². The fourth-order valence-corrected chi connectivity index (χ4v) is 3.27. The van der Waals surface area contributed by atoms with Gasteiger partial charge in [-0.15, -0.1) is 0 Å². The van der Waals surface area contributed by atoms with Crippen molar-refractivity contribution in [1.82, 2.24) is 16.0 Å². The SMILES string of the molecule is [CH2]=[Al][c]1cccc(C(=O)NCCCCC(NC(=O)N[C@@H](CCC(=O)O)C(=O)O)C(=O)O)c1. The minimum absolute atomic E-state index is 0.0613. The molecular weight excluding hydrogens is 437 g/mol. The van der Waals surface area contributed by atoms with Gasteiger partial charge in [0.15, 0.2) is 0 Å². The summed E-state index contributed by atoms with van der Waals surface area (Å²) < 4.78 is 1.01. The summed E-state index contributed by atoms with van der Waals surface area (Å²) in [7, 11) is 0. The predicted molar refractivity (Wildman–Crippen MR) is 117 cm³/mol. The van der Waals surface area contributed by atoms with Crippen LogP contribution in [0.25, 0.3) is 0 Å². The number of carboxylic acids is 3. The quantitative estimate of drug-likeness (QED) is 0.156. The Hall–Kier alpha value is -3.23. The molecule has 0 spiro atoms. The first-order chi connectivity index (χ1) is 15.1. The van der Waals surface area contributed by atoms with Crippen molar-refractivity contribution in [1.29, 1.82) is 0 Å². The molecule has 0 heterocycles. The second-order valence-corrected chi connectivity index (χ2v) is 7.99. The normalized spacial score (nSPS) is 12.0. The van der Waals surface area contributed by atoms with Crippen LogP contribution in [-0.2, 0) is 14.4 Å². The molecule has 2 atom stereocenters. The van der Waals surface area contributed by atoms with Crippen molar-refractivity contribution in [3.8, 4) is 0 Å². The second kappa shape index (κ2) is 14.0. The zero-order chi connectivity index (χ0) is 24.1. The predicted octanol–water partition coefficient (Wildman–Crippen LogP) is -0.581. The molecule has 1 unspecified atom stereocenters. The van der Waals surface area contributed by atoms with Crippen molar-refractivity contribution in [2.75, 3.05) is 6.54 Å². The van der Waals surface area contributed by atoms with Gasteiger partial charge >= 0.3 is 141 Å². The van der Waals surface area contributed by atoms with Crippen molar-refractivity contribution in [3.63, 3.8) is 0 Å². The zero-order valence-electron chi connectivity index (χ0n) is 17.4. The Bertz CT molecular complexity index is 861. The van der Waals surface area contributed by atoms with Gasteiger partial charge in [-0.1, -0.05) is 0 Å². The molecule has 1 rings (SSSR count). The van der Waals surface area contributed by atoms with Crippen molar-refractivity contribution < 1.29 is 39.3 Å². The van der Waals surface area contributed by atoms with Gasteiger partial charge in [0.1, 0.15) is 6.04 Å². The Morgan fingerprint density at radius 3 is 2.12 bits per heavy atom. The summed E-state index contributed by atoms with van der Waals surface area (Å²) in [5.41, 5.74) is 0.524. The van der Waals surface area contributed by atoms with E-state index in [0.29, 0.717) is 24.9 Å². The summed E-state index contributed by atoms with van der Waals surface area (Å²) in [5.74, 6) is -4.18. The second-order valence-electron chi connectivity index (χ2n) is 6.91. The summed E-state index contributed by atoms with van der Waals surface area (Å²) in [4.78, 5) is 57.2. The molecular formula is C20H26AlN3O8. The van der Waals surface area contributed by atoms with Crippen molar-refractivity contribution in [3.05, 3.63) is 29.8 Å². The molecule has 172 valence electrons. The molecule has 0 aliphatic heterocycles. The van der Waals surface area contributed by atoms with Crippen molar-refractivity contribution in [2.45, 2.75) is 44.2 Å². The molecule has 6 N–H and O–H groups in total. The van der Waals surface area contributed by atoms with E-state index in [0.717, 1.165) is 4.43 Å². The first-order valence-corrected chi connectivity index (χ1v) is 11.3. The Kier molecular flexibility index (Phi) is 11.7. The van der Waals surface area contributed by atoms with Gasteiger partial charge in [0.25, 0.3) is 0 Å². The molecule has 0 radical (unpaired) electrons. The number of aliphatic carboxylic acids is 3. The first kappa shape index (κ1) is 26.8. The van der Waals surface area contributed by atoms with Gasteiger partial charge in [-0.2, -0.15) is 0 Å². The van der Waals surface area contributed by atoms with Gasteiger partial charge in [-0.05, 0) is 6.42 Å². The number of urea groups is 1. The molecule has 0 aromatic heterocycles. The van der Waals surface area contributed by atoms with Crippen LogP contribution in [0.15, 0.2) is 24.3 Å². The standard InChI is InChI=1S/C19H24N3O8.CH2.Al/c23-15(24)10-9-14(18(28)29)22-19(30)21-13(17(26)27)8-4-5-11-20-16(25)12-6-2-1-3-7-12;;/h1-2,6-7,13-14H,4-5,8-11H2,(H,20,25)(H,23,24)(H,26,27)(H,28,29)(H2,21,22,30);1H2;/t13?,14-;;/m0../s1. The van der Waals surface area contributed by atoms with Crippen LogP contribution >= 0.6 is 0 Å². The van der Waals surface area contributed by atoms with Crippen molar-refractivity contribution in [2.24, 2.45) is 0 Å². The van der Waals surface area contributed by atoms with Crippen LogP contribution in [0.5, 0.6) is 0 Å². The van der Waals surface area contributed by atoms with E-state index in [9.17, 15) is 29.1 Å². The molecule has 0 saturated heterocycles. The Labute approximate surface area is 190 Å². The molecule has 3 amide bonds. The number of carboxylic acid groups (broad SMARTS) is 3. The van der Waals surface area contributed by atoms with Gasteiger partial charge in [0.2, 0.25) is 0 Å². The number of unbranched alkanes of at least 4 members (excludes halogenated alkanes) is 1. The third kappa shape index (κ3) is 10.2. The summed E-state index contributed by atoms with van der Waals surface area (Å²) in [5, 5.41) is 37.8. The van der Waals surface area contributed by atoms with Crippen LogP contribution in [0.3, 0.4) is 0 Å². The van der Waals surface area contributed by atoms with E-state index < -0.39 is 42.4 Å². The number of carbonyl (C=O) groups is 5. The maximum absolute atomic E-state index is 12.2. The molecule has 0 bridgehead atoms. The number of benzene rings is 1. The van der Waals surface area contributed by atoms with Crippen LogP contribution in [0.1, 0.15) is 42.5 Å². The van der Waals surface area contributed by atoms with Crippen LogP contribution in [0.2, 0.25) is 0 Å². The molecule has 0 aliphatic rings. The average molecular weight is 463 g/mol. The van der Waals surface area contributed by atoms with Crippen LogP contribution in [-0.4, -0.2) is 84.0 Å². The molecule has 0 aliphatic carbocycles. The summed E-state index contributed by atoms with van der Waals surface area (Å²) >= 11 is -0.147. The fourth-order valence-electron chi connectivity index (χ4n) is 2.73. The number of hydrogen-bond donors (Lipinski definition) is 6. The van der Waals surface area contributed by atoms with E-state index in [1.807, 2.05) is 6.07 Å². The number of rotatable bonds is 14. The number of carbonyl (C=O) groups excluding carboxylic acids is 2. The monoisotopic (exact) mass is 463 g/mol. The average Bonchev–Trinajstić information content (AvgIpc) is 2.74. The van der Waals surface area contributed by atoms with Crippen LogP contribution in [0, 0.1) is 0 Å². The Balaban J connectivity index is 2.44. The number of amides is 3. The molecule has 12 heteroatoms.